The number of carboxylic acid groups (broad SMARTS) is 1. The molecule has 1 unspecified atom stereocenters. The zero-order valence-electron chi connectivity index (χ0n) is 11.0. The van der Waals surface area contributed by atoms with Gasteiger partial charge in [-0.25, -0.2) is 4.79 Å². The van der Waals surface area contributed by atoms with Crippen LogP contribution in [0.25, 0.3) is 0 Å². The Bertz CT molecular complexity index is 648. The van der Waals surface area contributed by atoms with Crippen molar-refractivity contribution in [1.82, 2.24) is 4.57 Å². The molecule has 0 saturated carbocycles. The second kappa shape index (κ2) is 6.06. The third-order valence-corrected chi connectivity index (χ3v) is 2.87. The Hall–Kier alpha value is -2.56. The van der Waals surface area contributed by atoms with Crippen molar-refractivity contribution >= 4 is 5.97 Å². The van der Waals surface area contributed by atoms with Crippen LogP contribution in [0.3, 0.4) is 0 Å². The van der Waals surface area contributed by atoms with E-state index in [-0.39, 0.29) is 5.75 Å². The molecule has 5 nitrogen and oxygen atoms in total. The summed E-state index contributed by atoms with van der Waals surface area (Å²) in [7, 11) is 0. The van der Waals surface area contributed by atoms with Crippen molar-refractivity contribution < 1.29 is 14.6 Å². The van der Waals surface area contributed by atoms with Crippen molar-refractivity contribution in [3.05, 3.63) is 64.6 Å². The summed E-state index contributed by atoms with van der Waals surface area (Å²) in [6, 6.07) is 10.7. The van der Waals surface area contributed by atoms with Gasteiger partial charge in [0, 0.05) is 6.20 Å². The van der Waals surface area contributed by atoms with E-state index in [4.69, 9.17) is 4.74 Å². The average molecular weight is 273 g/mol. The maximum atomic E-state index is 12.3. The third-order valence-electron chi connectivity index (χ3n) is 2.87. The lowest BCUT2D eigenvalue weighted by atomic mass is 10.1. The standard InChI is InChI=1S/C15H15NO4/c1-2-20-12-9-6-10-16(14(12)17)13(15(18)19)11-7-4-3-5-8-11/h3-10,13H,2H2,1H3,(H,18,19). The lowest BCUT2D eigenvalue weighted by Crippen LogP contribution is -2.30. The number of aromatic nitrogens is 1. The van der Waals surface area contributed by atoms with E-state index in [2.05, 4.69) is 0 Å². The zero-order chi connectivity index (χ0) is 14.5. The normalized spacial score (nSPS) is 11.8. The Labute approximate surface area is 116 Å². The molecule has 5 heteroatoms. The van der Waals surface area contributed by atoms with Crippen LogP contribution in [0.5, 0.6) is 5.75 Å². The molecule has 2 rings (SSSR count). The molecular formula is C15H15NO4. The minimum Gasteiger partial charge on any atom is -0.488 e. The molecule has 1 heterocycles. The van der Waals surface area contributed by atoms with Crippen LogP contribution in [0.15, 0.2) is 53.5 Å². The molecule has 0 saturated heterocycles. The van der Waals surface area contributed by atoms with Gasteiger partial charge < -0.3 is 9.84 Å². The molecular weight excluding hydrogens is 258 g/mol. The van der Waals surface area contributed by atoms with Gasteiger partial charge in [0.05, 0.1) is 6.61 Å². The van der Waals surface area contributed by atoms with E-state index in [1.165, 1.54) is 16.8 Å². The number of pyridine rings is 1. The summed E-state index contributed by atoms with van der Waals surface area (Å²) in [4.78, 5) is 23.8. The molecule has 2 aromatic rings. The van der Waals surface area contributed by atoms with Crippen LogP contribution in [-0.2, 0) is 4.79 Å². The average Bonchev–Trinajstić information content (AvgIpc) is 2.44. The molecule has 0 aliphatic carbocycles. The number of carboxylic acids is 1. The van der Waals surface area contributed by atoms with E-state index in [0.717, 1.165) is 0 Å². The predicted octanol–water partition coefficient (Wildman–Crippen LogP) is 1.92. The zero-order valence-corrected chi connectivity index (χ0v) is 11.0. The van der Waals surface area contributed by atoms with Crippen LogP contribution in [-0.4, -0.2) is 22.2 Å². The fourth-order valence-corrected chi connectivity index (χ4v) is 2.02. The van der Waals surface area contributed by atoms with Gasteiger partial charge in [0.1, 0.15) is 0 Å². The highest BCUT2D eigenvalue weighted by Gasteiger charge is 2.23. The van der Waals surface area contributed by atoms with Gasteiger partial charge in [-0.3, -0.25) is 9.36 Å². The Kier molecular flexibility index (Phi) is 4.20. The first-order valence-corrected chi connectivity index (χ1v) is 6.27. The molecule has 0 fully saturated rings. The molecule has 1 aromatic heterocycles. The summed E-state index contributed by atoms with van der Waals surface area (Å²) in [6.07, 6.45) is 1.46. The summed E-state index contributed by atoms with van der Waals surface area (Å²) in [5, 5.41) is 9.42. The Morgan fingerprint density at radius 1 is 1.25 bits per heavy atom. The number of benzene rings is 1. The number of nitrogens with zero attached hydrogens (tertiary/aromatic N) is 1. The van der Waals surface area contributed by atoms with E-state index in [9.17, 15) is 14.7 Å². The molecule has 1 aromatic carbocycles. The fraction of sp³-hybridized carbons (Fsp3) is 0.200. The van der Waals surface area contributed by atoms with Gasteiger partial charge in [-0.05, 0) is 24.6 Å². The SMILES string of the molecule is CCOc1cccn(C(C(=O)O)c2ccccc2)c1=O. The number of carbonyl (C=O) groups is 1. The van der Waals surface area contributed by atoms with Crippen molar-refractivity contribution in [2.45, 2.75) is 13.0 Å². The second-order valence-electron chi connectivity index (χ2n) is 4.17. The largest absolute Gasteiger partial charge is 0.488 e. The van der Waals surface area contributed by atoms with Gasteiger partial charge in [-0.15, -0.1) is 0 Å². The Balaban J connectivity index is 2.54. The minimum absolute atomic E-state index is 0.150. The number of ether oxygens (including phenoxy) is 1. The molecule has 20 heavy (non-hydrogen) atoms. The Morgan fingerprint density at radius 2 is 1.95 bits per heavy atom. The first-order chi connectivity index (χ1) is 9.65. The monoisotopic (exact) mass is 273 g/mol. The van der Waals surface area contributed by atoms with Gasteiger partial charge in [-0.2, -0.15) is 0 Å². The van der Waals surface area contributed by atoms with Crippen molar-refractivity contribution in [1.29, 1.82) is 0 Å². The lowest BCUT2D eigenvalue weighted by Gasteiger charge is -2.16. The smallest absolute Gasteiger partial charge is 0.331 e. The van der Waals surface area contributed by atoms with Gasteiger partial charge in [0.2, 0.25) is 0 Å². The van der Waals surface area contributed by atoms with E-state index in [1.807, 2.05) is 0 Å². The first kappa shape index (κ1) is 13.9. The third kappa shape index (κ3) is 2.71. The van der Waals surface area contributed by atoms with Crippen LogP contribution in [0, 0.1) is 0 Å². The predicted molar refractivity (Wildman–Crippen MR) is 74.1 cm³/mol. The quantitative estimate of drug-likeness (QED) is 0.903. The molecule has 0 bridgehead atoms. The number of hydrogen-bond donors (Lipinski definition) is 1. The van der Waals surface area contributed by atoms with Crippen LogP contribution >= 0.6 is 0 Å². The lowest BCUT2D eigenvalue weighted by molar-refractivity contribution is -0.139. The summed E-state index contributed by atoms with van der Waals surface area (Å²) < 4.78 is 6.39. The summed E-state index contributed by atoms with van der Waals surface area (Å²) in [5.74, 6) is -0.941. The molecule has 1 N–H and O–H groups in total. The summed E-state index contributed by atoms with van der Waals surface area (Å²) in [6.45, 7) is 2.12. The summed E-state index contributed by atoms with van der Waals surface area (Å²) in [5.41, 5.74) is 0.0846. The van der Waals surface area contributed by atoms with Crippen LogP contribution in [0.1, 0.15) is 18.5 Å². The molecule has 0 aliphatic rings. The fourth-order valence-electron chi connectivity index (χ4n) is 2.02. The maximum Gasteiger partial charge on any atom is 0.331 e. The van der Waals surface area contributed by atoms with Crippen molar-refractivity contribution in [3.63, 3.8) is 0 Å². The highest BCUT2D eigenvalue weighted by molar-refractivity contribution is 5.76. The van der Waals surface area contributed by atoms with Gasteiger partial charge >= 0.3 is 5.97 Å². The van der Waals surface area contributed by atoms with Gasteiger partial charge in [0.15, 0.2) is 11.8 Å². The molecule has 0 amide bonds. The van der Waals surface area contributed by atoms with Gasteiger partial charge in [0.25, 0.3) is 5.56 Å². The molecule has 0 spiro atoms. The van der Waals surface area contributed by atoms with E-state index >= 15 is 0 Å². The van der Waals surface area contributed by atoms with E-state index in [0.29, 0.717) is 12.2 Å². The molecule has 1 atom stereocenters. The number of rotatable bonds is 5. The van der Waals surface area contributed by atoms with Crippen LogP contribution < -0.4 is 10.3 Å². The number of aliphatic carboxylic acids is 1. The second-order valence-corrected chi connectivity index (χ2v) is 4.17. The highest BCUT2D eigenvalue weighted by atomic mass is 16.5. The van der Waals surface area contributed by atoms with E-state index in [1.54, 1.807) is 43.3 Å². The van der Waals surface area contributed by atoms with Crippen molar-refractivity contribution in [2.24, 2.45) is 0 Å². The minimum atomic E-state index is -1.09. The molecule has 0 aliphatic heterocycles. The van der Waals surface area contributed by atoms with Crippen LogP contribution in [0.4, 0.5) is 0 Å². The highest BCUT2D eigenvalue weighted by Crippen LogP contribution is 2.18. The first-order valence-electron chi connectivity index (χ1n) is 6.27. The Morgan fingerprint density at radius 3 is 2.55 bits per heavy atom. The number of hydrogen-bond acceptors (Lipinski definition) is 3. The van der Waals surface area contributed by atoms with E-state index < -0.39 is 17.6 Å². The molecule has 104 valence electrons. The van der Waals surface area contributed by atoms with Crippen LogP contribution in [0.2, 0.25) is 0 Å². The molecule has 0 radical (unpaired) electrons. The summed E-state index contributed by atoms with van der Waals surface area (Å²) >= 11 is 0. The van der Waals surface area contributed by atoms with Crippen molar-refractivity contribution in [2.75, 3.05) is 6.61 Å². The van der Waals surface area contributed by atoms with Crippen molar-refractivity contribution in [3.8, 4) is 5.75 Å². The maximum absolute atomic E-state index is 12.3. The van der Waals surface area contributed by atoms with Gasteiger partial charge in [-0.1, -0.05) is 30.3 Å². The topological polar surface area (TPSA) is 68.5 Å².